The van der Waals surface area contributed by atoms with E-state index >= 15 is 0 Å². The fourth-order valence-electron chi connectivity index (χ4n) is 1.83. The lowest BCUT2D eigenvalue weighted by molar-refractivity contribution is -0.274. The number of alkyl halides is 3. The monoisotopic (exact) mass is 261 g/mol. The maximum absolute atomic E-state index is 12.0. The van der Waals surface area contributed by atoms with Crippen LogP contribution in [0.3, 0.4) is 0 Å². The van der Waals surface area contributed by atoms with Gasteiger partial charge in [0.25, 0.3) is 0 Å². The van der Waals surface area contributed by atoms with Crippen LogP contribution >= 0.6 is 0 Å². The Balaban J connectivity index is 2.65. The van der Waals surface area contributed by atoms with Crippen molar-refractivity contribution in [3.05, 3.63) is 29.8 Å². The summed E-state index contributed by atoms with van der Waals surface area (Å²) in [5.41, 5.74) is 6.80. The summed E-state index contributed by atoms with van der Waals surface area (Å²) in [7, 11) is 0. The topological polar surface area (TPSA) is 35.2 Å². The van der Waals surface area contributed by atoms with Crippen LogP contribution in [0.4, 0.5) is 13.2 Å². The molecule has 2 unspecified atom stereocenters. The molecule has 0 aliphatic heterocycles. The van der Waals surface area contributed by atoms with Gasteiger partial charge in [-0.05, 0) is 37.0 Å². The lowest BCUT2D eigenvalue weighted by atomic mass is 9.91. The van der Waals surface area contributed by atoms with Gasteiger partial charge in [-0.1, -0.05) is 25.5 Å². The van der Waals surface area contributed by atoms with Crippen molar-refractivity contribution in [2.24, 2.45) is 11.7 Å². The van der Waals surface area contributed by atoms with Crippen molar-refractivity contribution in [3.8, 4) is 5.75 Å². The van der Waals surface area contributed by atoms with Gasteiger partial charge in [-0.15, -0.1) is 13.2 Å². The molecule has 0 saturated carbocycles. The summed E-state index contributed by atoms with van der Waals surface area (Å²) < 4.78 is 39.7. The molecule has 0 bridgehead atoms. The first kappa shape index (κ1) is 14.8. The summed E-state index contributed by atoms with van der Waals surface area (Å²) in [5.74, 6) is 0.138. The quantitative estimate of drug-likeness (QED) is 0.880. The molecular formula is C13H18F3NO. The molecule has 0 radical (unpaired) electrons. The van der Waals surface area contributed by atoms with Crippen LogP contribution in [0.25, 0.3) is 0 Å². The summed E-state index contributed by atoms with van der Waals surface area (Å²) in [6, 6.07) is 6.02. The number of hydrogen-bond donors (Lipinski definition) is 1. The standard InChI is InChI=1S/C13H18F3NO/c1-3-11(9(2)17)8-10-4-6-12(7-5-10)18-13(14,15)16/h4-7,9,11H,3,8,17H2,1-2H3. The minimum Gasteiger partial charge on any atom is -0.406 e. The van der Waals surface area contributed by atoms with E-state index in [9.17, 15) is 13.2 Å². The average Bonchev–Trinajstić information content (AvgIpc) is 2.25. The molecule has 2 nitrogen and oxygen atoms in total. The van der Waals surface area contributed by atoms with Crippen molar-refractivity contribution in [2.45, 2.75) is 39.1 Å². The van der Waals surface area contributed by atoms with Gasteiger partial charge in [0.05, 0.1) is 0 Å². The van der Waals surface area contributed by atoms with Gasteiger partial charge in [0.15, 0.2) is 0 Å². The summed E-state index contributed by atoms with van der Waals surface area (Å²) in [6.07, 6.45) is -2.93. The van der Waals surface area contributed by atoms with Crippen molar-refractivity contribution in [1.29, 1.82) is 0 Å². The zero-order valence-corrected chi connectivity index (χ0v) is 10.5. The average molecular weight is 261 g/mol. The van der Waals surface area contributed by atoms with Crippen molar-refractivity contribution in [2.75, 3.05) is 0 Å². The molecule has 1 aromatic rings. The smallest absolute Gasteiger partial charge is 0.406 e. The van der Waals surface area contributed by atoms with E-state index in [0.717, 1.165) is 18.4 Å². The minimum atomic E-state index is -4.64. The highest BCUT2D eigenvalue weighted by Crippen LogP contribution is 2.24. The molecule has 0 aliphatic carbocycles. The van der Waals surface area contributed by atoms with Gasteiger partial charge in [0, 0.05) is 6.04 Å². The summed E-state index contributed by atoms with van der Waals surface area (Å²) in [6.45, 7) is 3.99. The Hall–Kier alpha value is -1.23. The van der Waals surface area contributed by atoms with E-state index in [0.29, 0.717) is 5.92 Å². The molecule has 0 saturated heterocycles. The first-order valence-corrected chi connectivity index (χ1v) is 5.92. The minimum absolute atomic E-state index is 0.0705. The van der Waals surface area contributed by atoms with E-state index in [2.05, 4.69) is 11.7 Å². The second-order valence-corrected chi connectivity index (χ2v) is 4.42. The third-order valence-electron chi connectivity index (χ3n) is 2.92. The molecular weight excluding hydrogens is 243 g/mol. The van der Waals surface area contributed by atoms with Gasteiger partial charge in [-0.25, -0.2) is 0 Å². The maximum Gasteiger partial charge on any atom is 0.573 e. The molecule has 0 aliphatic rings. The number of nitrogens with two attached hydrogens (primary N) is 1. The number of hydrogen-bond acceptors (Lipinski definition) is 2. The van der Waals surface area contributed by atoms with E-state index in [1.165, 1.54) is 12.1 Å². The Kier molecular flexibility index (Phi) is 5.02. The Morgan fingerprint density at radius 3 is 2.17 bits per heavy atom. The molecule has 0 heterocycles. The second-order valence-electron chi connectivity index (χ2n) is 4.42. The van der Waals surface area contributed by atoms with Crippen LogP contribution in [0.15, 0.2) is 24.3 Å². The zero-order valence-electron chi connectivity index (χ0n) is 10.5. The third kappa shape index (κ3) is 4.96. The predicted octanol–water partition coefficient (Wildman–Crippen LogP) is 3.50. The van der Waals surface area contributed by atoms with Crippen LogP contribution < -0.4 is 10.5 Å². The first-order valence-electron chi connectivity index (χ1n) is 5.92. The molecule has 1 aromatic carbocycles. The maximum atomic E-state index is 12.0. The highest BCUT2D eigenvalue weighted by atomic mass is 19.4. The molecule has 5 heteroatoms. The van der Waals surface area contributed by atoms with Crippen LogP contribution in [0, 0.1) is 5.92 Å². The molecule has 18 heavy (non-hydrogen) atoms. The summed E-state index contributed by atoms with van der Waals surface area (Å²) in [5, 5.41) is 0. The SMILES string of the molecule is CCC(Cc1ccc(OC(F)(F)F)cc1)C(C)N. The van der Waals surface area contributed by atoms with Crippen molar-refractivity contribution in [3.63, 3.8) is 0 Å². The molecule has 0 spiro atoms. The van der Waals surface area contributed by atoms with Crippen LogP contribution in [0.5, 0.6) is 5.75 Å². The lowest BCUT2D eigenvalue weighted by Crippen LogP contribution is -2.27. The van der Waals surface area contributed by atoms with Crippen molar-refractivity contribution < 1.29 is 17.9 Å². The van der Waals surface area contributed by atoms with Gasteiger partial charge in [-0.2, -0.15) is 0 Å². The molecule has 2 N–H and O–H groups in total. The van der Waals surface area contributed by atoms with Crippen LogP contribution in [0.2, 0.25) is 0 Å². The zero-order chi connectivity index (χ0) is 13.8. The first-order chi connectivity index (χ1) is 8.31. The van der Waals surface area contributed by atoms with E-state index in [1.54, 1.807) is 12.1 Å². The van der Waals surface area contributed by atoms with Crippen LogP contribution in [0.1, 0.15) is 25.8 Å². The van der Waals surface area contributed by atoms with Crippen LogP contribution in [-0.4, -0.2) is 12.4 Å². The third-order valence-corrected chi connectivity index (χ3v) is 2.92. The number of halogens is 3. The molecule has 102 valence electrons. The summed E-state index contributed by atoms with van der Waals surface area (Å²) >= 11 is 0. The molecule has 0 fully saturated rings. The fourth-order valence-corrected chi connectivity index (χ4v) is 1.83. The van der Waals surface area contributed by atoms with Gasteiger partial charge in [0.2, 0.25) is 0 Å². The summed E-state index contributed by atoms with van der Waals surface area (Å²) in [4.78, 5) is 0. The normalized spacial score (nSPS) is 15.2. The number of ether oxygens (including phenoxy) is 1. The molecule has 0 amide bonds. The van der Waals surface area contributed by atoms with Crippen molar-refractivity contribution in [1.82, 2.24) is 0 Å². The second kappa shape index (κ2) is 6.09. The Bertz CT molecular complexity index is 359. The number of rotatable bonds is 5. The predicted molar refractivity (Wildman–Crippen MR) is 64.3 cm³/mol. The lowest BCUT2D eigenvalue weighted by Gasteiger charge is -2.19. The van der Waals surface area contributed by atoms with E-state index < -0.39 is 6.36 Å². The number of benzene rings is 1. The van der Waals surface area contributed by atoms with E-state index in [4.69, 9.17) is 5.73 Å². The molecule has 2 atom stereocenters. The largest absolute Gasteiger partial charge is 0.573 e. The van der Waals surface area contributed by atoms with Gasteiger partial charge in [-0.3, -0.25) is 0 Å². The molecule has 0 aromatic heterocycles. The molecule has 1 rings (SSSR count). The Labute approximate surface area is 105 Å². The van der Waals surface area contributed by atoms with E-state index in [-0.39, 0.29) is 11.8 Å². The van der Waals surface area contributed by atoms with Gasteiger partial charge in [0.1, 0.15) is 5.75 Å². The Morgan fingerprint density at radius 2 is 1.78 bits per heavy atom. The van der Waals surface area contributed by atoms with Gasteiger partial charge >= 0.3 is 6.36 Å². The van der Waals surface area contributed by atoms with E-state index in [1.807, 2.05) is 6.92 Å². The van der Waals surface area contributed by atoms with Crippen molar-refractivity contribution >= 4 is 0 Å². The van der Waals surface area contributed by atoms with Gasteiger partial charge < -0.3 is 10.5 Å². The Morgan fingerprint density at radius 1 is 1.22 bits per heavy atom. The highest BCUT2D eigenvalue weighted by Gasteiger charge is 2.30. The van der Waals surface area contributed by atoms with Crippen LogP contribution in [-0.2, 0) is 6.42 Å². The fraction of sp³-hybridized carbons (Fsp3) is 0.538. The highest BCUT2D eigenvalue weighted by molar-refractivity contribution is 5.27.